The van der Waals surface area contributed by atoms with E-state index in [2.05, 4.69) is 0 Å². The highest BCUT2D eigenvalue weighted by atomic mass is 19.4. The van der Waals surface area contributed by atoms with Gasteiger partial charge in [0, 0.05) is 17.1 Å². The molecule has 3 rings (SSSR count). The molecular formula is C17H10F4O2. The third-order valence-corrected chi connectivity index (χ3v) is 3.64. The highest BCUT2D eigenvalue weighted by Crippen LogP contribution is 2.42. The van der Waals surface area contributed by atoms with Crippen molar-refractivity contribution in [3.63, 3.8) is 0 Å². The minimum Gasteiger partial charge on any atom is -0.464 e. The molecule has 0 fully saturated rings. The Morgan fingerprint density at radius 3 is 2.35 bits per heavy atom. The van der Waals surface area contributed by atoms with Crippen LogP contribution in [0.4, 0.5) is 17.6 Å². The van der Waals surface area contributed by atoms with E-state index in [1.807, 2.05) is 0 Å². The Labute approximate surface area is 129 Å². The third kappa shape index (κ3) is 2.84. The van der Waals surface area contributed by atoms with Crippen LogP contribution in [0.15, 0.2) is 54.3 Å². The molecule has 0 saturated carbocycles. The molecule has 2 nitrogen and oxygen atoms in total. The summed E-state index contributed by atoms with van der Waals surface area (Å²) in [6.07, 6.45) is -2.78. The van der Waals surface area contributed by atoms with E-state index in [9.17, 15) is 22.4 Å². The van der Waals surface area contributed by atoms with Crippen LogP contribution in [0, 0.1) is 5.82 Å². The lowest BCUT2D eigenvalue weighted by Gasteiger charge is -2.25. The van der Waals surface area contributed by atoms with Crippen LogP contribution in [0.2, 0.25) is 0 Å². The van der Waals surface area contributed by atoms with Crippen molar-refractivity contribution in [1.29, 1.82) is 0 Å². The van der Waals surface area contributed by atoms with Crippen molar-refractivity contribution in [2.24, 2.45) is 0 Å². The molecule has 118 valence electrons. The van der Waals surface area contributed by atoms with Crippen LogP contribution in [0.3, 0.4) is 0 Å². The van der Waals surface area contributed by atoms with Gasteiger partial charge in [-0.05, 0) is 35.9 Å². The molecule has 2 aromatic carbocycles. The van der Waals surface area contributed by atoms with Gasteiger partial charge in [0.2, 0.25) is 0 Å². The van der Waals surface area contributed by atoms with Crippen LogP contribution < -0.4 is 4.74 Å². The second-order valence-corrected chi connectivity index (χ2v) is 5.09. The van der Waals surface area contributed by atoms with Crippen molar-refractivity contribution in [3.8, 4) is 5.75 Å². The number of hydrogen-bond acceptors (Lipinski definition) is 2. The highest BCUT2D eigenvalue weighted by molar-refractivity contribution is 5.79. The predicted molar refractivity (Wildman–Crippen MR) is 74.5 cm³/mol. The Bertz CT molecular complexity index is 776. The number of carbonyl (C=O) groups excluding carboxylic acids is 1. The maximum absolute atomic E-state index is 13.1. The van der Waals surface area contributed by atoms with Gasteiger partial charge in [0.1, 0.15) is 17.9 Å². The molecule has 0 spiro atoms. The molecule has 0 aliphatic carbocycles. The average Bonchev–Trinajstić information content (AvgIpc) is 2.53. The van der Waals surface area contributed by atoms with E-state index in [1.54, 1.807) is 0 Å². The molecule has 23 heavy (non-hydrogen) atoms. The smallest absolute Gasteiger partial charge is 0.416 e. The fraction of sp³-hybridized carbons (Fsp3) is 0.118. The van der Waals surface area contributed by atoms with E-state index >= 15 is 0 Å². The number of fused-ring (bicyclic) bond motifs is 1. The quantitative estimate of drug-likeness (QED) is 0.603. The van der Waals surface area contributed by atoms with Crippen LogP contribution in [-0.2, 0) is 11.0 Å². The highest BCUT2D eigenvalue weighted by Gasteiger charge is 2.34. The first-order valence-electron chi connectivity index (χ1n) is 6.68. The molecule has 6 heteroatoms. The standard InChI is InChI=1S/C17H10F4O2/c18-13-4-1-10(2-5-13)16-11(8-22)9-23-15-6-3-12(7-14(15)16)17(19,20)21/h1-9,16H. The van der Waals surface area contributed by atoms with Crippen LogP contribution in [0.1, 0.15) is 22.6 Å². The van der Waals surface area contributed by atoms with E-state index in [-0.39, 0.29) is 16.9 Å². The van der Waals surface area contributed by atoms with Gasteiger partial charge in [-0.25, -0.2) is 4.39 Å². The largest absolute Gasteiger partial charge is 0.464 e. The zero-order valence-corrected chi connectivity index (χ0v) is 11.6. The number of allylic oxidation sites excluding steroid dienone is 1. The molecule has 0 N–H and O–H groups in total. The maximum Gasteiger partial charge on any atom is 0.416 e. The summed E-state index contributed by atoms with van der Waals surface area (Å²) < 4.78 is 57.2. The number of alkyl halides is 3. The van der Waals surface area contributed by atoms with Gasteiger partial charge in [0.05, 0.1) is 11.8 Å². The Morgan fingerprint density at radius 1 is 1.04 bits per heavy atom. The summed E-state index contributed by atoms with van der Waals surface area (Å²) in [5, 5.41) is 0. The summed E-state index contributed by atoms with van der Waals surface area (Å²) in [6, 6.07) is 8.35. The van der Waals surface area contributed by atoms with Crippen molar-refractivity contribution >= 4 is 6.29 Å². The van der Waals surface area contributed by atoms with Crippen molar-refractivity contribution in [3.05, 3.63) is 76.8 Å². The number of hydrogen-bond donors (Lipinski definition) is 0. The maximum atomic E-state index is 13.1. The van der Waals surface area contributed by atoms with Crippen LogP contribution in [-0.4, -0.2) is 6.29 Å². The van der Waals surface area contributed by atoms with Crippen LogP contribution in [0.5, 0.6) is 5.75 Å². The molecule has 0 aromatic heterocycles. The first-order chi connectivity index (χ1) is 10.9. The van der Waals surface area contributed by atoms with E-state index in [0.717, 1.165) is 12.1 Å². The van der Waals surface area contributed by atoms with Gasteiger partial charge in [-0.15, -0.1) is 0 Å². The number of halogens is 4. The second-order valence-electron chi connectivity index (χ2n) is 5.09. The van der Waals surface area contributed by atoms with Gasteiger partial charge in [-0.1, -0.05) is 12.1 Å². The van der Waals surface area contributed by atoms with E-state index in [1.165, 1.54) is 36.6 Å². The fourth-order valence-electron chi connectivity index (χ4n) is 2.56. The summed E-state index contributed by atoms with van der Waals surface area (Å²) in [6.45, 7) is 0. The second kappa shape index (κ2) is 5.53. The first kappa shape index (κ1) is 15.3. The zero-order chi connectivity index (χ0) is 16.6. The van der Waals surface area contributed by atoms with Crippen molar-refractivity contribution in [2.45, 2.75) is 12.1 Å². The van der Waals surface area contributed by atoms with Gasteiger partial charge in [0.15, 0.2) is 0 Å². The lowest BCUT2D eigenvalue weighted by molar-refractivity contribution is -0.137. The summed E-state index contributed by atoms with van der Waals surface area (Å²) in [5.74, 6) is -0.973. The lowest BCUT2D eigenvalue weighted by atomic mass is 9.83. The summed E-state index contributed by atoms with van der Waals surface area (Å²) >= 11 is 0. The molecule has 0 amide bonds. The SMILES string of the molecule is O=CC1=COc2ccc(C(F)(F)F)cc2C1c1ccc(F)cc1. The molecule has 1 aliphatic rings. The Balaban J connectivity index is 2.16. The van der Waals surface area contributed by atoms with E-state index < -0.39 is 23.5 Å². The van der Waals surface area contributed by atoms with Gasteiger partial charge < -0.3 is 4.74 Å². The fourth-order valence-corrected chi connectivity index (χ4v) is 2.56. The molecule has 1 heterocycles. The zero-order valence-electron chi connectivity index (χ0n) is 11.6. The Kier molecular flexibility index (Phi) is 3.67. The van der Waals surface area contributed by atoms with Gasteiger partial charge in [-0.3, -0.25) is 4.79 Å². The first-order valence-corrected chi connectivity index (χ1v) is 6.68. The van der Waals surface area contributed by atoms with Crippen LogP contribution >= 0.6 is 0 Å². The molecule has 2 aromatic rings. The Morgan fingerprint density at radius 2 is 1.74 bits per heavy atom. The number of aldehydes is 1. The van der Waals surface area contributed by atoms with Crippen molar-refractivity contribution in [1.82, 2.24) is 0 Å². The molecule has 1 unspecified atom stereocenters. The normalized spacial score (nSPS) is 17.0. The van der Waals surface area contributed by atoms with Gasteiger partial charge in [0.25, 0.3) is 0 Å². The van der Waals surface area contributed by atoms with E-state index in [0.29, 0.717) is 11.8 Å². The molecule has 0 radical (unpaired) electrons. The number of rotatable bonds is 2. The monoisotopic (exact) mass is 322 g/mol. The van der Waals surface area contributed by atoms with Gasteiger partial charge >= 0.3 is 6.18 Å². The summed E-state index contributed by atoms with van der Waals surface area (Å²) in [4.78, 5) is 11.3. The molecule has 0 bridgehead atoms. The minimum atomic E-state index is -4.51. The summed E-state index contributed by atoms with van der Waals surface area (Å²) in [5.41, 5.74) is 0.0622. The third-order valence-electron chi connectivity index (χ3n) is 3.64. The van der Waals surface area contributed by atoms with Crippen LogP contribution in [0.25, 0.3) is 0 Å². The Hall–Kier alpha value is -2.63. The molecule has 0 saturated heterocycles. The van der Waals surface area contributed by atoms with Gasteiger partial charge in [-0.2, -0.15) is 13.2 Å². The van der Waals surface area contributed by atoms with E-state index in [4.69, 9.17) is 4.74 Å². The number of carbonyl (C=O) groups is 1. The molecule has 1 atom stereocenters. The predicted octanol–water partition coefficient (Wildman–Crippen LogP) is 4.45. The lowest BCUT2D eigenvalue weighted by Crippen LogP contribution is -2.15. The minimum absolute atomic E-state index is 0.170. The van der Waals surface area contributed by atoms with Crippen molar-refractivity contribution in [2.75, 3.05) is 0 Å². The number of benzene rings is 2. The average molecular weight is 322 g/mol. The molecular weight excluding hydrogens is 312 g/mol. The van der Waals surface area contributed by atoms with Crippen molar-refractivity contribution < 1.29 is 27.1 Å². The number of ether oxygens (including phenoxy) is 1. The topological polar surface area (TPSA) is 26.3 Å². The summed E-state index contributed by atoms with van der Waals surface area (Å²) in [7, 11) is 0. The molecule has 1 aliphatic heterocycles.